The van der Waals surface area contributed by atoms with Crippen LogP contribution in [-0.4, -0.2) is 14.5 Å². The van der Waals surface area contributed by atoms with Gasteiger partial charge in [-0.2, -0.15) is 0 Å². The van der Waals surface area contributed by atoms with Crippen LogP contribution < -0.4 is 10.5 Å². The third kappa shape index (κ3) is 3.92. The summed E-state index contributed by atoms with van der Waals surface area (Å²) < 4.78 is 36.2. The van der Waals surface area contributed by atoms with Crippen LogP contribution in [0.15, 0.2) is 17.0 Å². The molecule has 4 nitrogen and oxygen atoms in total. The van der Waals surface area contributed by atoms with Crippen molar-refractivity contribution in [2.24, 2.45) is 5.14 Å². The molecule has 1 aromatic carbocycles. The molecule has 0 unspecified atom stereocenters. The normalized spacial score (nSPS) is 12.1. The fraction of sp³-hybridized carbons (Fsp3) is 0.400. The second kappa shape index (κ2) is 5.30. The van der Waals surface area contributed by atoms with Gasteiger partial charge >= 0.3 is 0 Å². The fourth-order valence-corrected chi connectivity index (χ4v) is 2.25. The van der Waals surface area contributed by atoms with Gasteiger partial charge in [0.2, 0.25) is 10.0 Å². The molecule has 0 spiro atoms. The molecule has 0 fully saturated rings. The van der Waals surface area contributed by atoms with Crippen molar-refractivity contribution >= 4 is 21.6 Å². The largest absolute Gasteiger partial charge is 0.310 e. The van der Waals surface area contributed by atoms with E-state index in [0.29, 0.717) is 0 Å². The number of nitrogens with two attached hydrogens (primary N) is 1. The monoisotopic (exact) mass is 280 g/mol. The van der Waals surface area contributed by atoms with Gasteiger partial charge in [-0.1, -0.05) is 25.4 Å². The highest BCUT2D eigenvalue weighted by atomic mass is 35.5. The highest BCUT2D eigenvalue weighted by Gasteiger charge is 2.18. The van der Waals surface area contributed by atoms with Crippen molar-refractivity contribution in [1.29, 1.82) is 0 Å². The zero-order valence-electron chi connectivity index (χ0n) is 9.50. The molecule has 0 amide bonds. The van der Waals surface area contributed by atoms with E-state index < -0.39 is 20.7 Å². The summed E-state index contributed by atoms with van der Waals surface area (Å²) in [7, 11) is -4.10. The van der Waals surface area contributed by atoms with E-state index >= 15 is 0 Å². The van der Waals surface area contributed by atoms with Crippen LogP contribution in [0.4, 0.5) is 4.39 Å². The maximum atomic E-state index is 13.8. The number of hydrogen-bond acceptors (Lipinski definition) is 3. The molecule has 7 heteroatoms. The van der Waals surface area contributed by atoms with E-state index in [-0.39, 0.29) is 23.2 Å². The van der Waals surface area contributed by atoms with Crippen molar-refractivity contribution in [1.82, 2.24) is 5.32 Å². The quantitative estimate of drug-likeness (QED) is 0.880. The zero-order valence-corrected chi connectivity index (χ0v) is 11.1. The van der Waals surface area contributed by atoms with Crippen LogP contribution in [0.1, 0.15) is 19.4 Å². The second-order valence-corrected chi connectivity index (χ2v) is 5.92. The first-order chi connectivity index (χ1) is 7.71. The zero-order chi connectivity index (χ0) is 13.2. The maximum absolute atomic E-state index is 13.8. The number of nitrogens with one attached hydrogen (secondary N) is 1. The lowest BCUT2D eigenvalue weighted by molar-refractivity contribution is 0.532. The Kier molecular flexibility index (Phi) is 4.48. The number of rotatable bonds is 4. The van der Waals surface area contributed by atoms with E-state index in [4.69, 9.17) is 16.7 Å². The van der Waals surface area contributed by atoms with Gasteiger partial charge in [-0.25, -0.2) is 17.9 Å². The summed E-state index contributed by atoms with van der Waals surface area (Å²) in [5.41, 5.74) is 0.176. The summed E-state index contributed by atoms with van der Waals surface area (Å²) >= 11 is 5.73. The van der Waals surface area contributed by atoms with Crippen LogP contribution >= 0.6 is 11.6 Å². The molecule has 17 heavy (non-hydrogen) atoms. The number of benzene rings is 1. The first-order valence-corrected chi connectivity index (χ1v) is 6.88. The Hall–Kier alpha value is -0.690. The van der Waals surface area contributed by atoms with Crippen molar-refractivity contribution in [3.63, 3.8) is 0 Å². The average Bonchev–Trinajstić information content (AvgIpc) is 2.17. The minimum absolute atomic E-state index is 0.135. The summed E-state index contributed by atoms with van der Waals surface area (Å²) in [5.74, 6) is -0.856. The highest BCUT2D eigenvalue weighted by Crippen LogP contribution is 2.22. The summed E-state index contributed by atoms with van der Waals surface area (Å²) in [4.78, 5) is -0.578. The molecule has 0 aliphatic carbocycles. The van der Waals surface area contributed by atoms with Gasteiger partial charge in [-0.05, 0) is 12.1 Å². The van der Waals surface area contributed by atoms with E-state index in [1.54, 1.807) is 0 Å². The van der Waals surface area contributed by atoms with Crippen LogP contribution in [-0.2, 0) is 16.6 Å². The molecular weight excluding hydrogens is 267 g/mol. The Bertz CT molecular complexity index is 517. The molecule has 0 heterocycles. The molecule has 0 saturated carbocycles. The molecule has 3 N–H and O–H groups in total. The summed E-state index contributed by atoms with van der Waals surface area (Å²) in [6.07, 6.45) is 0. The van der Waals surface area contributed by atoms with Crippen molar-refractivity contribution < 1.29 is 12.8 Å². The second-order valence-electron chi connectivity index (χ2n) is 3.96. The topological polar surface area (TPSA) is 72.2 Å². The molecule has 0 radical (unpaired) electrons. The standard InChI is InChI=1S/C10H14ClFN2O2S/c1-6(2)14-5-7-3-8(11)4-9(10(7)12)17(13,15)16/h3-4,6,14H,5H2,1-2H3,(H2,13,15,16). The lowest BCUT2D eigenvalue weighted by Crippen LogP contribution is -2.23. The molecule has 0 aromatic heterocycles. The first-order valence-electron chi connectivity index (χ1n) is 4.96. The maximum Gasteiger partial charge on any atom is 0.241 e. The molecule has 0 aliphatic rings. The first kappa shape index (κ1) is 14.4. The summed E-state index contributed by atoms with van der Waals surface area (Å²) in [6.45, 7) is 3.97. The van der Waals surface area contributed by atoms with Gasteiger partial charge in [0.1, 0.15) is 10.7 Å². The number of sulfonamides is 1. The lowest BCUT2D eigenvalue weighted by Gasteiger charge is -2.11. The minimum atomic E-state index is -4.10. The van der Waals surface area contributed by atoms with Crippen LogP contribution in [0.2, 0.25) is 5.02 Å². The van der Waals surface area contributed by atoms with Crippen LogP contribution in [0.3, 0.4) is 0 Å². The lowest BCUT2D eigenvalue weighted by atomic mass is 10.2. The highest BCUT2D eigenvalue weighted by molar-refractivity contribution is 7.89. The number of halogens is 2. The van der Waals surface area contributed by atoms with Crippen molar-refractivity contribution in [3.8, 4) is 0 Å². The Morgan fingerprint density at radius 1 is 1.47 bits per heavy atom. The minimum Gasteiger partial charge on any atom is -0.310 e. The van der Waals surface area contributed by atoms with Crippen molar-refractivity contribution in [2.45, 2.75) is 31.3 Å². The van der Waals surface area contributed by atoms with E-state index in [0.717, 1.165) is 6.07 Å². The summed E-state index contributed by atoms with van der Waals surface area (Å²) in [6, 6.07) is 2.53. The molecular formula is C10H14ClFN2O2S. The molecule has 1 rings (SSSR count). The van der Waals surface area contributed by atoms with Gasteiger partial charge < -0.3 is 5.32 Å². The van der Waals surface area contributed by atoms with Crippen LogP contribution in [0, 0.1) is 5.82 Å². The SMILES string of the molecule is CC(C)NCc1cc(Cl)cc(S(N)(=O)=O)c1F. The Labute approximate surface area is 105 Å². The molecule has 96 valence electrons. The van der Waals surface area contributed by atoms with Gasteiger partial charge in [0.15, 0.2) is 0 Å². The van der Waals surface area contributed by atoms with E-state index in [1.807, 2.05) is 13.8 Å². The van der Waals surface area contributed by atoms with Crippen LogP contribution in [0.25, 0.3) is 0 Å². The number of hydrogen-bond donors (Lipinski definition) is 2. The van der Waals surface area contributed by atoms with Gasteiger partial charge in [0, 0.05) is 23.2 Å². The smallest absolute Gasteiger partial charge is 0.241 e. The van der Waals surface area contributed by atoms with Crippen molar-refractivity contribution in [2.75, 3.05) is 0 Å². The van der Waals surface area contributed by atoms with E-state index in [2.05, 4.69) is 5.32 Å². The van der Waals surface area contributed by atoms with Gasteiger partial charge in [0.25, 0.3) is 0 Å². The number of primary sulfonamides is 1. The van der Waals surface area contributed by atoms with Crippen molar-refractivity contribution in [3.05, 3.63) is 28.5 Å². The fourth-order valence-electron chi connectivity index (χ4n) is 1.27. The summed E-state index contributed by atoms with van der Waals surface area (Å²) in [5, 5.41) is 8.01. The Morgan fingerprint density at radius 2 is 2.06 bits per heavy atom. The van der Waals surface area contributed by atoms with Gasteiger partial charge in [0.05, 0.1) is 0 Å². The Morgan fingerprint density at radius 3 is 2.53 bits per heavy atom. The third-order valence-electron chi connectivity index (χ3n) is 2.09. The van der Waals surface area contributed by atoms with Gasteiger partial charge in [-0.15, -0.1) is 0 Å². The Balaban J connectivity index is 3.20. The molecule has 0 aliphatic heterocycles. The molecule has 0 atom stereocenters. The van der Waals surface area contributed by atoms with E-state index in [9.17, 15) is 12.8 Å². The van der Waals surface area contributed by atoms with E-state index in [1.165, 1.54) is 6.07 Å². The average molecular weight is 281 g/mol. The molecule has 0 bridgehead atoms. The predicted octanol–water partition coefficient (Wildman–Crippen LogP) is 1.62. The third-order valence-corrected chi connectivity index (χ3v) is 3.21. The van der Waals surface area contributed by atoms with Gasteiger partial charge in [-0.3, -0.25) is 0 Å². The predicted molar refractivity (Wildman–Crippen MR) is 64.8 cm³/mol. The molecule has 0 saturated heterocycles. The van der Waals surface area contributed by atoms with Crippen LogP contribution in [0.5, 0.6) is 0 Å². The molecule has 1 aromatic rings.